The van der Waals surface area contributed by atoms with Crippen LogP contribution in [0, 0.1) is 20.8 Å². The second kappa shape index (κ2) is 8.56. The van der Waals surface area contributed by atoms with Gasteiger partial charge in [0.05, 0.1) is 35.8 Å². The maximum Gasteiger partial charge on any atom is 0.339 e. The SMILES string of the molecule is COC(=O)c1ccccc1Nc1cncc(C(=O)Nc2c(C)cc(C)cc2C)c1. The zero-order valence-electron chi connectivity index (χ0n) is 16.9. The minimum atomic E-state index is -0.444. The summed E-state index contributed by atoms with van der Waals surface area (Å²) in [6, 6.07) is 12.7. The van der Waals surface area contributed by atoms with Crippen molar-refractivity contribution in [2.24, 2.45) is 0 Å². The third-order valence-corrected chi connectivity index (χ3v) is 4.53. The van der Waals surface area contributed by atoms with Gasteiger partial charge in [-0.25, -0.2) is 4.79 Å². The molecule has 6 nitrogen and oxygen atoms in total. The highest BCUT2D eigenvalue weighted by atomic mass is 16.5. The first-order valence-corrected chi connectivity index (χ1v) is 9.17. The van der Waals surface area contributed by atoms with Gasteiger partial charge in [-0.1, -0.05) is 29.8 Å². The van der Waals surface area contributed by atoms with E-state index in [1.54, 1.807) is 30.5 Å². The fraction of sp³-hybridized carbons (Fsp3) is 0.174. The molecule has 0 saturated heterocycles. The molecule has 1 aromatic heterocycles. The third kappa shape index (κ3) is 4.60. The number of hydrogen-bond donors (Lipinski definition) is 2. The Hall–Kier alpha value is -3.67. The molecular formula is C23H23N3O3. The molecule has 0 atom stereocenters. The molecule has 3 rings (SSSR count). The van der Waals surface area contributed by atoms with Crippen LogP contribution in [0.15, 0.2) is 54.9 Å². The smallest absolute Gasteiger partial charge is 0.339 e. The van der Waals surface area contributed by atoms with Crippen LogP contribution in [0.3, 0.4) is 0 Å². The van der Waals surface area contributed by atoms with Crippen LogP contribution in [0.4, 0.5) is 17.1 Å². The molecule has 0 saturated carbocycles. The minimum Gasteiger partial charge on any atom is -0.465 e. The number of aromatic nitrogens is 1. The summed E-state index contributed by atoms with van der Waals surface area (Å²) in [4.78, 5) is 28.9. The molecule has 0 aliphatic rings. The number of methoxy groups -OCH3 is 1. The minimum absolute atomic E-state index is 0.252. The van der Waals surface area contributed by atoms with Crippen molar-refractivity contribution in [2.75, 3.05) is 17.7 Å². The van der Waals surface area contributed by atoms with Crippen LogP contribution in [0.1, 0.15) is 37.4 Å². The maximum absolute atomic E-state index is 12.8. The fourth-order valence-corrected chi connectivity index (χ4v) is 3.23. The number of anilines is 3. The maximum atomic E-state index is 12.8. The molecule has 2 N–H and O–H groups in total. The molecule has 6 heteroatoms. The molecule has 1 amide bonds. The molecule has 0 spiro atoms. The second-order valence-corrected chi connectivity index (χ2v) is 6.85. The first-order chi connectivity index (χ1) is 13.9. The number of rotatable bonds is 5. The van der Waals surface area contributed by atoms with E-state index >= 15 is 0 Å². The molecule has 0 unspecified atom stereocenters. The van der Waals surface area contributed by atoms with Crippen LogP contribution in [0.2, 0.25) is 0 Å². The lowest BCUT2D eigenvalue weighted by molar-refractivity contribution is 0.0601. The molecule has 2 aromatic carbocycles. The number of aryl methyl sites for hydroxylation is 3. The van der Waals surface area contributed by atoms with E-state index in [9.17, 15) is 9.59 Å². The van der Waals surface area contributed by atoms with E-state index in [4.69, 9.17) is 4.74 Å². The Morgan fingerprint density at radius 2 is 1.66 bits per heavy atom. The molecule has 148 valence electrons. The van der Waals surface area contributed by atoms with Crippen molar-refractivity contribution in [3.8, 4) is 0 Å². The van der Waals surface area contributed by atoms with E-state index in [1.807, 2.05) is 39.0 Å². The van der Waals surface area contributed by atoms with Gasteiger partial charge in [0.2, 0.25) is 0 Å². The summed E-state index contributed by atoms with van der Waals surface area (Å²) in [6.45, 7) is 5.96. The van der Waals surface area contributed by atoms with Gasteiger partial charge in [-0.05, 0) is 50.1 Å². The summed E-state index contributed by atoms with van der Waals surface area (Å²) >= 11 is 0. The molecule has 29 heavy (non-hydrogen) atoms. The number of benzene rings is 2. The molecule has 1 heterocycles. The van der Waals surface area contributed by atoms with E-state index in [0.29, 0.717) is 22.5 Å². The largest absolute Gasteiger partial charge is 0.465 e. The summed E-state index contributed by atoms with van der Waals surface area (Å²) in [7, 11) is 1.33. The highest BCUT2D eigenvalue weighted by Crippen LogP contribution is 2.24. The van der Waals surface area contributed by atoms with Crippen LogP contribution < -0.4 is 10.6 Å². The van der Waals surface area contributed by atoms with Gasteiger partial charge >= 0.3 is 5.97 Å². The number of esters is 1. The predicted octanol–water partition coefficient (Wildman–Crippen LogP) is 4.79. The number of carbonyl (C=O) groups excluding carboxylic acids is 2. The average Bonchev–Trinajstić information content (AvgIpc) is 2.70. The van der Waals surface area contributed by atoms with Gasteiger partial charge in [0.25, 0.3) is 5.91 Å². The van der Waals surface area contributed by atoms with Gasteiger partial charge in [-0.3, -0.25) is 9.78 Å². The third-order valence-electron chi connectivity index (χ3n) is 4.53. The van der Waals surface area contributed by atoms with Gasteiger partial charge in [0, 0.05) is 11.9 Å². The van der Waals surface area contributed by atoms with Gasteiger partial charge in [0.15, 0.2) is 0 Å². The Labute approximate surface area is 169 Å². The van der Waals surface area contributed by atoms with Crippen molar-refractivity contribution >= 4 is 28.9 Å². The molecular weight excluding hydrogens is 366 g/mol. The molecule has 0 radical (unpaired) electrons. The number of ether oxygens (including phenoxy) is 1. The normalized spacial score (nSPS) is 10.3. The Kier molecular flexibility index (Phi) is 5.93. The van der Waals surface area contributed by atoms with E-state index in [0.717, 1.165) is 22.4 Å². The number of hydrogen-bond acceptors (Lipinski definition) is 5. The summed E-state index contributed by atoms with van der Waals surface area (Å²) in [5.74, 6) is -0.697. The summed E-state index contributed by atoms with van der Waals surface area (Å²) < 4.78 is 4.82. The standard InChI is InChI=1S/C23H23N3O3/c1-14-9-15(2)21(16(3)10-14)26-22(27)17-11-18(13-24-12-17)25-20-8-6-5-7-19(20)23(28)29-4/h5-13,25H,1-4H3,(H,26,27). The number of nitrogens with zero attached hydrogens (tertiary/aromatic N) is 1. The predicted molar refractivity (Wildman–Crippen MR) is 114 cm³/mol. The van der Waals surface area contributed by atoms with Crippen LogP contribution in [-0.4, -0.2) is 24.0 Å². The average molecular weight is 389 g/mol. The van der Waals surface area contributed by atoms with E-state index in [2.05, 4.69) is 15.6 Å². The van der Waals surface area contributed by atoms with Gasteiger partial charge in [0.1, 0.15) is 0 Å². The lowest BCUT2D eigenvalue weighted by atomic mass is 10.0. The van der Waals surface area contributed by atoms with Gasteiger partial charge < -0.3 is 15.4 Å². The number of para-hydroxylation sites is 1. The lowest BCUT2D eigenvalue weighted by Crippen LogP contribution is -2.14. The summed E-state index contributed by atoms with van der Waals surface area (Å²) in [6.07, 6.45) is 3.10. The van der Waals surface area contributed by atoms with Crippen LogP contribution >= 0.6 is 0 Å². The molecule has 0 aliphatic heterocycles. The zero-order valence-corrected chi connectivity index (χ0v) is 16.9. The Balaban J connectivity index is 1.84. The molecule has 0 aliphatic carbocycles. The molecule has 0 bridgehead atoms. The molecule has 0 fully saturated rings. The molecule has 3 aromatic rings. The van der Waals surface area contributed by atoms with E-state index in [-0.39, 0.29) is 5.91 Å². The van der Waals surface area contributed by atoms with Crippen LogP contribution in [-0.2, 0) is 4.74 Å². The summed E-state index contributed by atoms with van der Waals surface area (Å²) in [5.41, 5.74) is 5.93. The van der Waals surface area contributed by atoms with Crippen molar-refractivity contribution in [3.63, 3.8) is 0 Å². The van der Waals surface area contributed by atoms with Gasteiger partial charge in [-0.15, -0.1) is 0 Å². The quantitative estimate of drug-likeness (QED) is 0.613. The zero-order chi connectivity index (χ0) is 21.0. The second-order valence-electron chi connectivity index (χ2n) is 6.85. The van der Waals surface area contributed by atoms with Crippen molar-refractivity contribution in [1.82, 2.24) is 4.98 Å². The van der Waals surface area contributed by atoms with Crippen LogP contribution in [0.25, 0.3) is 0 Å². The first kappa shape index (κ1) is 20.1. The Bertz CT molecular complexity index is 1050. The number of nitrogens with one attached hydrogen (secondary N) is 2. The highest BCUT2D eigenvalue weighted by molar-refractivity contribution is 6.05. The van der Waals surface area contributed by atoms with E-state index in [1.165, 1.54) is 13.3 Å². The van der Waals surface area contributed by atoms with Crippen molar-refractivity contribution in [3.05, 3.63) is 82.7 Å². The van der Waals surface area contributed by atoms with Crippen molar-refractivity contribution < 1.29 is 14.3 Å². The Morgan fingerprint density at radius 3 is 2.34 bits per heavy atom. The fourth-order valence-electron chi connectivity index (χ4n) is 3.23. The topological polar surface area (TPSA) is 80.3 Å². The first-order valence-electron chi connectivity index (χ1n) is 9.17. The van der Waals surface area contributed by atoms with Crippen molar-refractivity contribution in [2.45, 2.75) is 20.8 Å². The summed E-state index contributed by atoms with van der Waals surface area (Å²) in [5, 5.41) is 6.10. The monoisotopic (exact) mass is 389 g/mol. The van der Waals surface area contributed by atoms with E-state index < -0.39 is 5.97 Å². The van der Waals surface area contributed by atoms with Crippen molar-refractivity contribution in [1.29, 1.82) is 0 Å². The Morgan fingerprint density at radius 1 is 0.966 bits per heavy atom. The lowest BCUT2D eigenvalue weighted by Gasteiger charge is -2.14. The van der Waals surface area contributed by atoms with Gasteiger partial charge in [-0.2, -0.15) is 0 Å². The highest BCUT2D eigenvalue weighted by Gasteiger charge is 2.14. The number of carbonyl (C=O) groups is 2. The number of amides is 1. The van der Waals surface area contributed by atoms with Crippen LogP contribution in [0.5, 0.6) is 0 Å². The number of pyridine rings is 1.